The van der Waals surface area contributed by atoms with Crippen molar-refractivity contribution in [2.45, 2.75) is 42.2 Å². The van der Waals surface area contributed by atoms with Gasteiger partial charge in [-0.25, -0.2) is 8.42 Å². The first kappa shape index (κ1) is 13.1. The van der Waals surface area contributed by atoms with Gasteiger partial charge < -0.3 is 10.0 Å². The number of rotatable bonds is 2. The Morgan fingerprint density at radius 2 is 2.14 bits per heavy atom. The van der Waals surface area contributed by atoms with Crippen LogP contribution in [0.3, 0.4) is 0 Å². The molecule has 0 spiro atoms. The number of anilines is 1. The van der Waals surface area contributed by atoms with Gasteiger partial charge in [-0.15, -0.1) is 0 Å². The lowest BCUT2D eigenvalue weighted by atomic mass is 9.96. The van der Waals surface area contributed by atoms with Crippen LogP contribution in [-0.4, -0.2) is 32.2 Å². The minimum absolute atomic E-state index is 0.164. The number of fused-ring (bicyclic) bond motifs is 3. The smallest absolute Gasteiger partial charge is 0.314 e. The van der Waals surface area contributed by atoms with Gasteiger partial charge >= 0.3 is 5.97 Å². The average molecular weight is 308 g/mol. The molecule has 3 aliphatic rings. The Bertz CT molecular complexity index is 739. The zero-order chi connectivity index (χ0) is 14.8. The van der Waals surface area contributed by atoms with Crippen molar-refractivity contribution in [2.75, 3.05) is 11.4 Å². The summed E-state index contributed by atoms with van der Waals surface area (Å²) in [6, 6.07) is 5.09. The number of sulfonamides is 1. The molecule has 0 radical (unpaired) electrons. The fourth-order valence-electron chi connectivity index (χ4n) is 3.44. The number of nitrogens with zero attached hydrogens (tertiary/aromatic N) is 1. The number of hydrogen-bond donors (Lipinski definition) is 2. The van der Waals surface area contributed by atoms with Gasteiger partial charge in [-0.3, -0.25) is 4.79 Å². The van der Waals surface area contributed by atoms with E-state index in [2.05, 4.69) is 9.62 Å². The Kier molecular flexibility index (Phi) is 2.48. The molecule has 2 aliphatic heterocycles. The van der Waals surface area contributed by atoms with Gasteiger partial charge in [0.05, 0.1) is 17.3 Å². The summed E-state index contributed by atoms with van der Waals surface area (Å²) in [6.07, 6.45) is 2.73. The van der Waals surface area contributed by atoms with E-state index in [1.807, 2.05) is 0 Å². The third-order valence-electron chi connectivity index (χ3n) is 4.81. The Hall–Kier alpha value is -1.60. The molecular weight excluding hydrogens is 292 g/mol. The van der Waals surface area contributed by atoms with E-state index in [9.17, 15) is 18.3 Å². The molecule has 2 fully saturated rings. The summed E-state index contributed by atoms with van der Waals surface area (Å²) in [6.45, 7) is 0.823. The van der Waals surface area contributed by atoms with Gasteiger partial charge in [-0.05, 0) is 43.4 Å². The highest BCUT2D eigenvalue weighted by molar-refractivity contribution is 7.89. The van der Waals surface area contributed by atoms with Crippen molar-refractivity contribution in [1.82, 2.24) is 4.72 Å². The SMILES string of the molecule is O=C(O)C1(c2ccc3c(c2)S(=O)(=O)NC2CCCN32)CC1. The number of carboxylic acid groups (broad SMARTS) is 1. The standard InChI is InChI=1S/C14H16N2O4S/c17-13(18)14(5-6-14)9-3-4-10-11(8-9)21(19,20)15-12-2-1-7-16(10)12/h3-4,8,12,15H,1-2,5-7H2,(H,17,18). The van der Waals surface area contributed by atoms with E-state index in [1.165, 1.54) is 0 Å². The summed E-state index contributed by atoms with van der Waals surface area (Å²) >= 11 is 0. The van der Waals surface area contributed by atoms with E-state index < -0.39 is 21.4 Å². The van der Waals surface area contributed by atoms with Crippen LogP contribution < -0.4 is 9.62 Å². The summed E-state index contributed by atoms with van der Waals surface area (Å²) in [5, 5.41) is 9.37. The highest BCUT2D eigenvalue weighted by Gasteiger charge is 2.52. The van der Waals surface area contributed by atoms with Crippen LogP contribution in [-0.2, 0) is 20.2 Å². The second kappa shape index (κ2) is 3.98. The molecule has 2 N–H and O–H groups in total. The maximum atomic E-state index is 12.4. The topological polar surface area (TPSA) is 86.7 Å². The fraction of sp³-hybridized carbons (Fsp3) is 0.500. The van der Waals surface area contributed by atoms with Crippen molar-refractivity contribution in [3.8, 4) is 0 Å². The van der Waals surface area contributed by atoms with Crippen molar-refractivity contribution in [3.05, 3.63) is 23.8 Å². The molecule has 1 aliphatic carbocycles. The van der Waals surface area contributed by atoms with Crippen molar-refractivity contribution >= 4 is 21.7 Å². The van der Waals surface area contributed by atoms with Crippen molar-refractivity contribution in [3.63, 3.8) is 0 Å². The van der Waals surface area contributed by atoms with Gasteiger partial charge in [0.15, 0.2) is 0 Å². The molecule has 0 bridgehead atoms. The van der Waals surface area contributed by atoms with Gasteiger partial charge in [-0.2, -0.15) is 4.72 Å². The quantitative estimate of drug-likeness (QED) is 0.852. The number of aliphatic carboxylic acids is 1. The minimum Gasteiger partial charge on any atom is -0.481 e. The lowest BCUT2D eigenvalue weighted by molar-refractivity contribution is -0.140. The highest BCUT2D eigenvalue weighted by Crippen LogP contribution is 2.50. The molecule has 2 heterocycles. The van der Waals surface area contributed by atoms with Gasteiger partial charge in [0.2, 0.25) is 10.0 Å². The van der Waals surface area contributed by atoms with E-state index in [0.717, 1.165) is 19.4 Å². The van der Waals surface area contributed by atoms with Crippen LogP contribution in [0.25, 0.3) is 0 Å². The highest BCUT2D eigenvalue weighted by atomic mass is 32.2. The Labute approximate surface area is 122 Å². The molecular formula is C14H16N2O4S. The first-order valence-corrected chi connectivity index (χ1v) is 8.59. The summed E-state index contributed by atoms with van der Waals surface area (Å²) in [7, 11) is -3.56. The maximum absolute atomic E-state index is 12.4. The van der Waals surface area contributed by atoms with Crippen molar-refractivity contribution in [1.29, 1.82) is 0 Å². The van der Waals surface area contributed by atoms with E-state index in [0.29, 0.717) is 24.1 Å². The second-order valence-corrected chi connectivity index (χ2v) is 7.72. The molecule has 6 nitrogen and oxygen atoms in total. The monoisotopic (exact) mass is 308 g/mol. The molecule has 1 unspecified atom stereocenters. The maximum Gasteiger partial charge on any atom is 0.314 e. The van der Waals surface area contributed by atoms with Crippen molar-refractivity contribution < 1.29 is 18.3 Å². The largest absolute Gasteiger partial charge is 0.481 e. The van der Waals surface area contributed by atoms with E-state index in [4.69, 9.17) is 0 Å². The van der Waals surface area contributed by atoms with Crippen LogP contribution in [0.15, 0.2) is 23.1 Å². The normalized spacial score (nSPS) is 27.8. The van der Waals surface area contributed by atoms with Gasteiger partial charge in [-0.1, -0.05) is 6.07 Å². The van der Waals surface area contributed by atoms with Crippen LogP contribution in [0.2, 0.25) is 0 Å². The zero-order valence-corrected chi connectivity index (χ0v) is 12.2. The molecule has 112 valence electrons. The van der Waals surface area contributed by atoms with Crippen LogP contribution in [0.1, 0.15) is 31.2 Å². The lowest BCUT2D eigenvalue weighted by Gasteiger charge is -2.34. The second-order valence-electron chi connectivity index (χ2n) is 6.04. The molecule has 21 heavy (non-hydrogen) atoms. The predicted octanol–water partition coefficient (Wildman–Crippen LogP) is 1.02. The number of benzene rings is 1. The average Bonchev–Trinajstić information content (AvgIpc) is 3.13. The first-order valence-electron chi connectivity index (χ1n) is 7.11. The number of carboxylic acids is 1. The minimum atomic E-state index is -3.56. The summed E-state index contributed by atoms with van der Waals surface area (Å²) in [5.74, 6) is -0.873. The molecule has 1 saturated heterocycles. The van der Waals surface area contributed by atoms with E-state index >= 15 is 0 Å². The molecule has 1 saturated carbocycles. The Balaban J connectivity index is 1.87. The van der Waals surface area contributed by atoms with Gasteiger partial charge in [0, 0.05) is 6.54 Å². The molecule has 0 aromatic heterocycles. The number of nitrogens with one attached hydrogen (secondary N) is 1. The van der Waals surface area contributed by atoms with Gasteiger partial charge in [0.1, 0.15) is 4.90 Å². The lowest BCUT2D eigenvalue weighted by Crippen LogP contribution is -2.49. The van der Waals surface area contributed by atoms with Crippen LogP contribution in [0.5, 0.6) is 0 Å². The predicted molar refractivity (Wildman–Crippen MR) is 75.7 cm³/mol. The Morgan fingerprint density at radius 3 is 2.81 bits per heavy atom. The summed E-state index contributed by atoms with van der Waals surface area (Å²) in [5.41, 5.74) is 0.407. The van der Waals surface area contributed by atoms with E-state index in [1.54, 1.807) is 18.2 Å². The molecule has 1 atom stereocenters. The third-order valence-corrected chi connectivity index (χ3v) is 6.30. The number of carbonyl (C=O) groups is 1. The first-order chi connectivity index (χ1) is 9.94. The molecule has 4 rings (SSSR count). The fourth-order valence-corrected chi connectivity index (χ4v) is 4.91. The zero-order valence-electron chi connectivity index (χ0n) is 11.4. The summed E-state index contributed by atoms with van der Waals surface area (Å²) in [4.78, 5) is 13.7. The Morgan fingerprint density at radius 1 is 1.38 bits per heavy atom. The summed E-state index contributed by atoms with van der Waals surface area (Å²) < 4.78 is 27.5. The van der Waals surface area contributed by atoms with Crippen LogP contribution >= 0.6 is 0 Å². The van der Waals surface area contributed by atoms with Crippen molar-refractivity contribution in [2.24, 2.45) is 0 Å². The van der Waals surface area contributed by atoms with Crippen LogP contribution in [0.4, 0.5) is 5.69 Å². The molecule has 0 amide bonds. The van der Waals surface area contributed by atoms with Crippen LogP contribution in [0, 0.1) is 0 Å². The molecule has 1 aromatic rings. The van der Waals surface area contributed by atoms with Gasteiger partial charge in [0.25, 0.3) is 0 Å². The third kappa shape index (κ3) is 1.74. The number of hydrogen-bond acceptors (Lipinski definition) is 4. The molecule has 7 heteroatoms. The van der Waals surface area contributed by atoms with E-state index in [-0.39, 0.29) is 11.1 Å². The molecule has 1 aromatic carbocycles.